The van der Waals surface area contributed by atoms with Crippen LogP contribution in [0.25, 0.3) is 10.8 Å². The van der Waals surface area contributed by atoms with Crippen LogP contribution in [0.2, 0.25) is 0 Å². The Bertz CT molecular complexity index is 1060. The van der Waals surface area contributed by atoms with Crippen LogP contribution in [0.5, 0.6) is 0 Å². The van der Waals surface area contributed by atoms with E-state index in [4.69, 9.17) is 0 Å². The van der Waals surface area contributed by atoms with Crippen LogP contribution in [0.3, 0.4) is 0 Å². The Hall–Kier alpha value is -2.90. The number of hydrogen-bond donors (Lipinski definition) is 2. The summed E-state index contributed by atoms with van der Waals surface area (Å²) in [6, 6.07) is 19.8. The second-order valence-electron chi connectivity index (χ2n) is 5.95. The van der Waals surface area contributed by atoms with E-state index in [0.717, 1.165) is 15.1 Å². The molecule has 0 aliphatic heterocycles. The number of anilines is 2. The molecule has 0 saturated heterocycles. The van der Waals surface area contributed by atoms with Crippen LogP contribution in [0.15, 0.2) is 66.7 Å². The zero-order chi connectivity index (χ0) is 18.7. The molecule has 0 aliphatic rings. The monoisotopic (exact) mass is 369 g/mol. The SMILES string of the molecule is CN(C)S(=O)(=O)Nc1cccc(C(=O)Nc2cccc3ccccc23)c1. The molecule has 0 saturated carbocycles. The summed E-state index contributed by atoms with van der Waals surface area (Å²) in [5.74, 6) is -0.313. The average molecular weight is 369 g/mol. The van der Waals surface area contributed by atoms with Crippen molar-refractivity contribution in [3.63, 3.8) is 0 Å². The Morgan fingerprint density at radius 2 is 1.62 bits per heavy atom. The van der Waals surface area contributed by atoms with Crippen molar-refractivity contribution in [2.24, 2.45) is 0 Å². The maximum atomic E-state index is 12.6. The van der Waals surface area contributed by atoms with Gasteiger partial charge in [0.2, 0.25) is 0 Å². The number of amides is 1. The molecular weight excluding hydrogens is 350 g/mol. The molecule has 3 aromatic rings. The van der Waals surface area contributed by atoms with Crippen molar-refractivity contribution in [1.82, 2.24) is 4.31 Å². The Kier molecular flexibility index (Phi) is 4.92. The molecule has 2 N–H and O–H groups in total. The van der Waals surface area contributed by atoms with Crippen LogP contribution < -0.4 is 10.0 Å². The van der Waals surface area contributed by atoms with Crippen molar-refractivity contribution in [3.8, 4) is 0 Å². The van der Waals surface area contributed by atoms with E-state index >= 15 is 0 Å². The first-order chi connectivity index (χ1) is 12.4. The lowest BCUT2D eigenvalue weighted by atomic mass is 10.1. The third-order valence-corrected chi connectivity index (χ3v) is 5.35. The van der Waals surface area contributed by atoms with Crippen molar-refractivity contribution in [3.05, 3.63) is 72.3 Å². The van der Waals surface area contributed by atoms with E-state index < -0.39 is 10.2 Å². The predicted molar refractivity (Wildman–Crippen MR) is 105 cm³/mol. The smallest absolute Gasteiger partial charge is 0.301 e. The number of benzene rings is 3. The lowest BCUT2D eigenvalue weighted by Crippen LogP contribution is -2.29. The van der Waals surface area contributed by atoms with Crippen molar-refractivity contribution in [1.29, 1.82) is 0 Å². The van der Waals surface area contributed by atoms with Crippen LogP contribution in [0, 0.1) is 0 Å². The minimum absolute atomic E-state index is 0.313. The molecule has 0 atom stereocenters. The van der Waals surface area contributed by atoms with Gasteiger partial charge in [0.15, 0.2) is 0 Å². The molecule has 26 heavy (non-hydrogen) atoms. The lowest BCUT2D eigenvalue weighted by molar-refractivity contribution is 0.102. The summed E-state index contributed by atoms with van der Waals surface area (Å²) < 4.78 is 27.4. The highest BCUT2D eigenvalue weighted by molar-refractivity contribution is 7.90. The predicted octanol–water partition coefficient (Wildman–Crippen LogP) is 3.31. The molecule has 0 fully saturated rings. The highest BCUT2D eigenvalue weighted by Gasteiger charge is 2.14. The van der Waals surface area contributed by atoms with E-state index in [9.17, 15) is 13.2 Å². The standard InChI is InChI=1S/C19H19N3O3S/c1-22(2)26(24,25)21-16-10-5-9-15(13-16)19(23)20-18-12-6-8-14-7-3-4-11-17(14)18/h3-13,21H,1-2H3,(H,20,23). The molecule has 0 unspecified atom stereocenters. The van der Waals surface area contributed by atoms with Crippen LogP contribution in [0.1, 0.15) is 10.4 Å². The summed E-state index contributed by atoms with van der Waals surface area (Å²) in [6.07, 6.45) is 0. The Balaban J connectivity index is 1.85. The normalized spacial score (nSPS) is 11.5. The van der Waals surface area contributed by atoms with Crippen molar-refractivity contribution in [2.45, 2.75) is 0 Å². The van der Waals surface area contributed by atoms with E-state index in [0.29, 0.717) is 16.9 Å². The number of hydrogen-bond acceptors (Lipinski definition) is 3. The fraction of sp³-hybridized carbons (Fsp3) is 0.105. The topological polar surface area (TPSA) is 78.5 Å². The van der Waals surface area contributed by atoms with Gasteiger partial charge in [0.1, 0.15) is 0 Å². The van der Waals surface area contributed by atoms with Crippen molar-refractivity contribution in [2.75, 3.05) is 24.1 Å². The van der Waals surface area contributed by atoms with Gasteiger partial charge in [-0.25, -0.2) is 0 Å². The van der Waals surface area contributed by atoms with E-state index in [2.05, 4.69) is 10.0 Å². The van der Waals surface area contributed by atoms with Crippen LogP contribution in [0.4, 0.5) is 11.4 Å². The first kappa shape index (κ1) is 17.9. The number of nitrogens with one attached hydrogen (secondary N) is 2. The molecule has 0 aliphatic carbocycles. The molecule has 7 heteroatoms. The zero-order valence-corrected chi connectivity index (χ0v) is 15.2. The number of fused-ring (bicyclic) bond motifs is 1. The summed E-state index contributed by atoms with van der Waals surface area (Å²) >= 11 is 0. The number of carbonyl (C=O) groups is 1. The molecule has 6 nitrogen and oxygen atoms in total. The van der Waals surface area contributed by atoms with Crippen LogP contribution in [-0.2, 0) is 10.2 Å². The Morgan fingerprint density at radius 3 is 2.38 bits per heavy atom. The first-order valence-electron chi connectivity index (χ1n) is 7.96. The van der Waals surface area contributed by atoms with Gasteiger partial charge >= 0.3 is 10.2 Å². The maximum Gasteiger partial charge on any atom is 0.301 e. The number of nitrogens with zero attached hydrogens (tertiary/aromatic N) is 1. The summed E-state index contributed by atoms with van der Waals surface area (Å²) in [6.45, 7) is 0. The van der Waals surface area contributed by atoms with Crippen LogP contribution >= 0.6 is 0 Å². The fourth-order valence-corrected chi connectivity index (χ4v) is 3.10. The second-order valence-corrected chi connectivity index (χ2v) is 7.84. The molecule has 0 spiro atoms. The molecule has 3 rings (SSSR count). The fourth-order valence-electron chi connectivity index (χ4n) is 2.49. The van der Waals surface area contributed by atoms with Gasteiger partial charge in [0.05, 0.1) is 5.69 Å². The molecule has 0 bridgehead atoms. The van der Waals surface area contributed by atoms with E-state index in [1.54, 1.807) is 18.2 Å². The summed E-state index contributed by atoms with van der Waals surface area (Å²) in [7, 11) is -0.770. The summed E-state index contributed by atoms with van der Waals surface area (Å²) in [5.41, 5.74) is 1.38. The van der Waals surface area contributed by atoms with Gasteiger partial charge in [-0.05, 0) is 29.7 Å². The molecule has 134 valence electrons. The molecular formula is C19H19N3O3S. The van der Waals surface area contributed by atoms with E-state index in [1.165, 1.54) is 20.2 Å². The highest BCUT2D eigenvalue weighted by Crippen LogP contribution is 2.24. The molecule has 0 heterocycles. The van der Waals surface area contributed by atoms with Gasteiger partial charge in [-0.3, -0.25) is 9.52 Å². The average Bonchev–Trinajstić information content (AvgIpc) is 2.62. The van der Waals surface area contributed by atoms with Gasteiger partial charge in [0.25, 0.3) is 5.91 Å². The minimum atomic E-state index is -3.63. The molecule has 0 radical (unpaired) electrons. The van der Waals surface area contributed by atoms with Gasteiger partial charge in [-0.2, -0.15) is 12.7 Å². The third kappa shape index (κ3) is 3.84. The van der Waals surface area contributed by atoms with Crippen LogP contribution in [-0.4, -0.2) is 32.7 Å². The van der Waals surface area contributed by atoms with Gasteiger partial charge in [-0.15, -0.1) is 0 Å². The summed E-state index contributed by atoms with van der Waals surface area (Å²) in [5, 5.41) is 4.85. The third-order valence-electron chi connectivity index (χ3n) is 3.89. The van der Waals surface area contributed by atoms with Gasteiger partial charge in [0, 0.05) is 30.7 Å². The molecule has 0 aromatic heterocycles. The number of rotatable bonds is 5. The first-order valence-corrected chi connectivity index (χ1v) is 9.40. The lowest BCUT2D eigenvalue weighted by Gasteiger charge is -2.14. The van der Waals surface area contributed by atoms with E-state index in [1.807, 2.05) is 42.5 Å². The second kappa shape index (κ2) is 7.15. The zero-order valence-electron chi connectivity index (χ0n) is 14.4. The minimum Gasteiger partial charge on any atom is -0.321 e. The molecule has 3 aromatic carbocycles. The molecule has 1 amide bonds. The summed E-state index contributed by atoms with van der Waals surface area (Å²) in [4.78, 5) is 12.6. The van der Waals surface area contributed by atoms with Crippen molar-refractivity contribution >= 4 is 38.3 Å². The largest absolute Gasteiger partial charge is 0.321 e. The van der Waals surface area contributed by atoms with E-state index in [-0.39, 0.29) is 5.91 Å². The quantitative estimate of drug-likeness (QED) is 0.724. The maximum absolute atomic E-state index is 12.6. The van der Waals surface area contributed by atoms with Crippen molar-refractivity contribution < 1.29 is 13.2 Å². The van der Waals surface area contributed by atoms with Gasteiger partial charge < -0.3 is 5.32 Å². The Morgan fingerprint density at radius 1 is 0.923 bits per heavy atom. The Labute approximate surface area is 152 Å². The van der Waals surface area contributed by atoms with Gasteiger partial charge in [-0.1, -0.05) is 42.5 Å². The number of carbonyl (C=O) groups excluding carboxylic acids is 1. The highest BCUT2D eigenvalue weighted by atomic mass is 32.2.